The fourth-order valence-corrected chi connectivity index (χ4v) is 4.25. The summed E-state index contributed by atoms with van der Waals surface area (Å²) in [5.74, 6) is 1.66. The number of benzene rings is 3. The molecule has 3 aromatic carbocycles. The minimum Gasteiger partial charge on any atom is -0.484 e. The first kappa shape index (κ1) is 22.0. The van der Waals surface area contributed by atoms with Crippen molar-refractivity contribution in [3.8, 4) is 17.1 Å². The molecule has 1 aliphatic rings. The largest absolute Gasteiger partial charge is 0.484 e. The topological polar surface area (TPSA) is 114 Å². The summed E-state index contributed by atoms with van der Waals surface area (Å²) < 4.78 is 11.1. The van der Waals surface area contributed by atoms with Crippen LogP contribution in [0, 0.1) is 0 Å². The molecule has 36 heavy (non-hydrogen) atoms. The van der Waals surface area contributed by atoms with Crippen molar-refractivity contribution in [3.63, 3.8) is 0 Å². The van der Waals surface area contributed by atoms with Crippen molar-refractivity contribution in [2.45, 2.75) is 12.5 Å². The summed E-state index contributed by atoms with van der Waals surface area (Å²) in [6.45, 7) is 1.16. The lowest BCUT2D eigenvalue weighted by atomic mass is 10.1. The van der Waals surface area contributed by atoms with Crippen LogP contribution < -0.4 is 15.4 Å². The van der Waals surface area contributed by atoms with Gasteiger partial charge in [0.15, 0.2) is 12.4 Å². The molecule has 3 heterocycles. The Balaban J connectivity index is 1.26. The highest BCUT2D eigenvalue weighted by Gasteiger charge is 2.18. The van der Waals surface area contributed by atoms with Gasteiger partial charge in [0.1, 0.15) is 11.6 Å². The number of fused-ring (bicyclic) bond motifs is 2. The van der Waals surface area contributed by atoms with Gasteiger partial charge >= 0.3 is 0 Å². The number of anilines is 2. The van der Waals surface area contributed by atoms with E-state index < -0.39 is 0 Å². The van der Waals surface area contributed by atoms with Crippen molar-refractivity contribution < 1.29 is 14.3 Å². The van der Waals surface area contributed by atoms with Crippen molar-refractivity contribution in [3.05, 3.63) is 72.9 Å². The Morgan fingerprint density at radius 3 is 2.94 bits per heavy atom. The second-order valence-electron chi connectivity index (χ2n) is 8.65. The average Bonchev–Trinajstić information content (AvgIpc) is 3.59. The third-order valence-electron chi connectivity index (χ3n) is 6.06. The standard InChI is InChI=1S/C27H24N6O3/c34-25(29-20-10-11-35-15-20)16-36-21-5-3-4-17(13-21)26-31-24-7-2-1-6-22(24)27(32-26)30-19-8-9-23-18(12-19)14-28-33-23/h1-9,12-14,20H,10-11,15-16H2,(H,28,33)(H,29,34)(H,30,31,32). The van der Waals surface area contributed by atoms with Crippen LogP contribution in [0.25, 0.3) is 33.2 Å². The summed E-state index contributed by atoms with van der Waals surface area (Å²) >= 11 is 0. The van der Waals surface area contributed by atoms with Gasteiger partial charge in [-0.15, -0.1) is 0 Å². The molecule has 3 N–H and O–H groups in total. The van der Waals surface area contributed by atoms with Gasteiger partial charge in [-0.2, -0.15) is 5.10 Å². The van der Waals surface area contributed by atoms with Crippen LogP contribution in [0.15, 0.2) is 72.9 Å². The summed E-state index contributed by atoms with van der Waals surface area (Å²) in [5, 5.41) is 15.3. The molecule has 0 aliphatic carbocycles. The highest BCUT2D eigenvalue weighted by atomic mass is 16.5. The van der Waals surface area contributed by atoms with E-state index >= 15 is 0 Å². The predicted molar refractivity (Wildman–Crippen MR) is 137 cm³/mol. The van der Waals surface area contributed by atoms with Crippen LogP contribution in [0.1, 0.15) is 6.42 Å². The van der Waals surface area contributed by atoms with E-state index in [1.165, 1.54) is 0 Å². The van der Waals surface area contributed by atoms with Crippen LogP contribution >= 0.6 is 0 Å². The van der Waals surface area contributed by atoms with E-state index in [9.17, 15) is 4.79 Å². The fourth-order valence-electron chi connectivity index (χ4n) is 4.25. The second kappa shape index (κ2) is 9.63. The lowest BCUT2D eigenvalue weighted by molar-refractivity contribution is -0.123. The van der Waals surface area contributed by atoms with Crippen LogP contribution in [0.4, 0.5) is 11.5 Å². The number of H-pyrrole nitrogens is 1. The van der Waals surface area contributed by atoms with E-state index in [4.69, 9.17) is 19.4 Å². The monoisotopic (exact) mass is 480 g/mol. The van der Waals surface area contributed by atoms with Gasteiger partial charge in [-0.25, -0.2) is 9.97 Å². The van der Waals surface area contributed by atoms with Crippen LogP contribution in [0.5, 0.6) is 5.75 Å². The SMILES string of the molecule is O=C(COc1cccc(-c2nc(Nc3ccc4[nH]ncc4c3)c3ccccc3n2)c1)NC1CCOC1. The Morgan fingerprint density at radius 2 is 2.03 bits per heavy atom. The van der Waals surface area contributed by atoms with Crippen molar-refractivity contribution in [1.82, 2.24) is 25.5 Å². The number of aromatic amines is 1. The van der Waals surface area contributed by atoms with Gasteiger partial charge in [0, 0.05) is 28.6 Å². The van der Waals surface area contributed by atoms with E-state index in [2.05, 4.69) is 20.8 Å². The van der Waals surface area contributed by atoms with Gasteiger partial charge in [-0.3, -0.25) is 9.89 Å². The van der Waals surface area contributed by atoms with Gasteiger partial charge in [0.25, 0.3) is 5.91 Å². The molecule has 0 radical (unpaired) electrons. The number of aromatic nitrogens is 4. The van der Waals surface area contributed by atoms with Crippen molar-refractivity contribution in [2.24, 2.45) is 0 Å². The molecular weight excluding hydrogens is 456 g/mol. The van der Waals surface area contributed by atoms with Gasteiger partial charge in [0.2, 0.25) is 0 Å². The highest BCUT2D eigenvalue weighted by Crippen LogP contribution is 2.29. The predicted octanol–water partition coefficient (Wildman–Crippen LogP) is 4.20. The molecule has 1 fully saturated rings. The smallest absolute Gasteiger partial charge is 0.258 e. The summed E-state index contributed by atoms with van der Waals surface area (Å²) in [6, 6.07) is 21.4. The molecule has 1 amide bonds. The molecule has 0 spiro atoms. The third kappa shape index (κ3) is 4.69. The first-order valence-electron chi connectivity index (χ1n) is 11.8. The number of ether oxygens (including phenoxy) is 2. The molecule has 180 valence electrons. The van der Waals surface area contributed by atoms with Gasteiger partial charge in [-0.05, 0) is 48.9 Å². The molecule has 1 saturated heterocycles. The molecule has 9 heteroatoms. The number of hydrogen-bond acceptors (Lipinski definition) is 7. The molecular formula is C27H24N6O3. The molecule has 2 aromatic heterocycles. The van der Waals surface area contributed by atoms with E-state index in [0.29, 0.717) is 30.6 Å². The van der Waals surface area contributed by atoms with Crippen LogP contribution in [0.2, 0.25) is 0 Å². The van der Waals surface area contributed by atoms with Crippen molar-refractivity contribution in [2.75, 3.05) is 25.1 Å². The molecule has 1 aliphatic heterocycles. The van der Waals surface area contributed by atoms with E-state index in [-0.39, 0.29) is 18.6 Å². The van der Waals surface area contributed by atoms with Crippen LogP contribution in [0.3, 0.4) is 0 Å². The van der Waals surface area contributed by atoms with Crippen LogP contribution in [-0.2, 0) is 9.53 Å². The Kier molecular flexibility index (Phi) is 5.88. The average molecular weight is 481 g/mol. The molecule has 0 bridgehead atoms. The third-order valence-corrected chi connectivity index (χ3v) is 6.06. The Labute approximate surface area is 206 Å². The van der Waals surface area contributed by atoms with Crippen molar-refractivity contribution in [1.29, 1.82) is 0 Å². The fraction of sp³-hybridized carbons (Fsp3) is 0.185. The zero-order valence-corrected chi connectivity index (χ0v) is 19.4. The number of hydrogen-bond donors (Lipinski definition) is 3. The normalized spacial score (nSPS) is 15.3. The number of para-hydroxylation sites is 1. The summed E-state index contributed by atoms with van der Waals surface area (Å²) in [4.78, 5) is 21.8. The zero-order valence-electron chi connectivity index (χ0n) is 19.4. The van der Waals surface area contributed by atoms with Gasteiger partial charge in [0.05, 0.1) is 29.9 Å². The van der Waals surface area contributed by atoms with Crippen LogP contribution in [-0.4, -0.2) is 51.9 Å². The maximum absolute atomic E-state index is 12.2. The van der Waals surface area contributed by atoms with E-state index in [1.54, 1.807) is 6.20 Å². The minimum atomic E-state index is -0.168. The number of rotatable bonds is 7. The quantitative estimate of drug-likeness (QED) is 0.320. The zero-order chi connectivity index (χ0) is 24.3. The summed E-state index contributed by atoms with van der Waals surface area (Å²) in [7, 11) is 0. The molecule has 0 saturated carbocycles. The van der Waals surface area contributed by atoms with Gasteiger partial charge < -0.3 is 20.1 Å². The summed E-state index contributed by atoms with van der Waals surface area (Å²) in [5.41, 5.74) is 3.47. The van der Waals surface area contributed by atoms with E-state index in [0.717, 1.165) is 39.5 Å². The molecule has 5 aromatic rings. The lowest BCUT2D eigenvalue weighted by Crippen LogP contribution is -2.38. The maximum atomic E-state index is 12.2. The Bertz CT molecular complexity index is 1540. The van der Waals surface area contributed by atoms with E-state index in [1.807, 2.05) is 66.7 Å². The molecule has 1 atom stereocenters. The van der Waals surface area contributed by atoms with Crippen molar-refractivity contribution >= 4 is 39.2 Å². The second-order valence-corrected chi connectivity index (χ2v) is 8.65. The first-order valence-corrected chi connectivity index (χ1v) is 11.8. The Hall–Kier alpha value is -4.50. The number of amides is 1. The molecule has 6 rings (SSSR count). The maximum Gasteiger partial charge on any atom is 0.258 e. The summed E-state index contributed by atoms with van der Waals surface area (Å²) in [6.07, 6.45) is 2.62. The number of carbonyl (C=O) groups is 1. The van der Waals surface area contributed by atoms with Gasteiger partial charge in [-0.1, -0.05) is 24.3 Å². The minimum absolute atomic E-state index is 0.0542. The molecule has 1 unspecified atom stereocenters. The number of carbonyl (C=O) groups excluding carboxylic acids is 1. The highest BCUT2D eigenvalue weighted by molar-refractivity contribution is 5.93. The molecule has 9 nitrogen and oxygen atoms in total. The number of nitrogens with one attached hydrogen (secondary N) is 3. The lowest BCUT2D eigenvalue weighted by Gasteiger charge is -2.13. The number of nitrogens with zero attached hydrogens (tertiary/aromatic N) is 3. The first-order chi connectivity index (χ1) is 17.7. The Morgan fingerprint density at radius 1 is 1.08 bits per heavy atom.